The molecule has 3 heteroatoms. The molecule has 0 saturated heterocycles. The van der Waals surface area contributed by atoms with E-state index in [1.54, 1.807) is 0 Å². The fraction of sp³-hybridized carbons (Fsp3) is 0.125. The number of benzene rings is 2. The van der Waals surface area contributed by atoms with Crippen LogP contribution in [0.25, 0.3) is 0 Å². The Morgan fingerprint density at radius 3 is 2.37 bits per heavy atom. The molecule has 0 saturated carbocycles. The topological polar surface area (TPSA) is 29.1 Å². The third-order valence-electron chi connectivity index (χ3n) is 3.35. The molecule has 2 nitrogen and oxygen atoms in total. The van der Waals surface area contributed by atoms with Gasteiger partial charge in [-0.25, -0.2) is 0 Å². The number of nitrogens with one attached hydrogen (secondary N) is 1. The number of Topliss-reactive ketones (excluding diaryl/α,β-unsaturated/α-hetero) is 1. The van der Waals surface area contributed by atoms with Crippen molar-refractivity contribution in [1.82, 2.24) is 5.32 Å². The summed E-state index contributed by atoms with van der Waals surface area (Å²) in [5.41, 5.74) is 2.83. The molecule has 19 heavy (non-hydrogen) atoms. The molecule has 93 valence electrons. The molecule has 0 aromatic heterocycles. The van der Waals surface area contributed by atoms with E-state index in [0.717, 1.165) is 22.7 Å². The maximum absolute atomic E-state index is 12.5. The van der Waals surface area contributed by atoms with Crippen LogP contribution in [0.5, 0.6) is 0 Å². The molecule has 3 rings (SSSR count). The van der Waals surface area contributed by atoms with Crippen LogP contribution in [0.4, 0.5) is 0 Å². The van der Waals surface area contributed by atoms with E-state index in [2.05, 4.69) is 5.32 Å². The van der Waals surface area contributed by atoms with Crippen LogP contribution in [0.15, 0.2) is 54.6 Å². The Bertz CT molecular complexity index is 582. The van der Waals surface area contributed by atoms with Gasteiger partial charge in [0.1, 0.15) is 5.78 Å². The van der Waals surface area contributed by atoms with Crippen molar-refractivity contribution in [3.05, 3.63) is 77.3 Å². The van der Waals surface area contributed by atoms with Crippen molar-refractivity contribution in [3.63, 3.8) is 0 Å². The molecule has 1 radical (unpaired) electrons. The van der Waals surface area contributed by atoms with Gasteiger partial charge in [0.05, 0.1) is 6.04 Å². The van der Waals surface area contributed by atoms with Crippen molar-refractivity contribution in [3.8, 4) is 0 Å². The largest absolute Gasteiger partial charge is 0.333 e. The Balaban J connectivity index is 0.00000133. The number of ketones is 1. The first-order chi connectivity index (χ1) is 8.77. The quantitative estimate of drug-likeness (QED) is 0.817. The summed E-state index contributed by atoms with van der Waals surface area (Å²) in [5.74, 6) is 0.141. The maximum atomic E-state index is 12.5. The molecule has 2 aromatic carbocycles. The van der Waals surface area contributed by atoms with Crippen LogP contribution in [0.2, 0.25) is 0 Å². The van der Waals surface area contributed by atoms with Gasteiger partial charge in [0.2, 0.25) is 0 Å². The fourth-order valence-corrected chi connectivity index (χ4v) is 2.42. The predicted molar refractivity (Wildman–Crippen MR) is 71.1 cm³/mol. The van der Waals surface area contributed by atoms with Gasteiger partial charge < -0.3 is 10.1 Å². The van der Waals surface area contributed by atoms with E-state index in [9.17, 15) is 4.79 Å². The predicted octanol–water partition coefficient (Wildman–Crippen LogP) is 3.11. The minimum absolute atomic E-state index is 0. The molecule has 0 fully saturated rings. The van der Waals surface area contributed by atoms with E-state index in [-0.39, 0.29) is 44.5 Å². The van der Waals surface area contributed by atoms with Crippen LogP contribution in [0, 0.1) is 6.04 Å². The number of hydrogen-bond donors (Lipinski definition) is 1. The Labute approximate surface area is 138 Å². The van der Waals surface area contributed by atoms with Crippen LogP contribution in [-0.4, -0.2) is 5.78 Å². The van der Waals surface area contributed by atoms with Crippen LogP contribution in [0.1, 0.15) is 34.5 Å². The van der Waals surface area contributed by atoms with Crippen molar-refractivity contribution in [1.29, 1.82) is 0 Å². The Morgan fingerprint density at radius 2 is 1.63 bits per heavy atom. The average Bonchev–Trinajstić information content (AvgIpc) is 2.44. The Hall–Kier alpha value is -0.956. The van der Waals surface area contributed by atoms with E-state index >= 15 is 0 Å². The summed E-state index contributed by atoms with van der Waals surface area (Å²) in [7, 11) is 0. The standard InChI is InChI=1S/C16H14NO.Y/c1-11-13-9-5-6-10-14(13)16(18)15(17-11)12-7-3-2-4-8-12;/h2-10,15,17H,1H3;/q-1;. The van der Waals surface area contributed by atoms with Gasteiger partial charge in [0, 0.05) is 32.7 Å². The van der Waals surface area contributed by atoms with Crippen LogP contribution in [0.3, 0.4) is 0 Å². The minimum atomic E-state index is -0.263. The SMILES string of the molecule is C[C-]1NC(c2ccccc2)C(=O)c2ccccc21.[Y]. The van der Waals surface area contributed by atoms with E-state index in [1.165, 1.54) is 0 Å². The molecule has 1 heterocycles. The second-order valence-electron chi connectivity index (χ2n) is 4.52. The Morgan fingerprint density at radius 1 is 1.00 bits per heavy atom. The molecule has 0 spiro atoms. The van der Waals surface area contributed by atoms with E-state index in [1.807, 2.05) is 61.5 Å². The zero-order valence-corrected chi connectivity index (χ0v) is 13.6. The van der Waals surface area contributed by atoms with Gasteiger partial charge in [0.25, 0.3) is 0 Å². The second kappa shape index (κ2) is 6.00. The number of hydrogen-bond acceptors (Lipinski definition) is 2. The summed E-state index contributed by atoms with van der Waals surface area (Å²) in [5, 5.41) is 3.31. The molecular weight excluding hydrogens is 311 g/mol. The van der Waals surface area contributed by atoms with Crippen molar-refractivity contribution < 1.29 is 37.5 Å². The Kier molecular flexibility index (Phi) is 4.56. The number of carbonyl (C=O) groups excluding carboxylic acids is 1. The van der Waals surface area contributed by atoms with Gasteiger partial charge in [-0.2, -0.15) is 11.6 Å². The molecular formula is C16H14NOY-. The smallest absolute Gasteiger partial charge is 0.130 e. The summed E-state index contributed by atoms with van der Waals surface area (Å²) < 4.78 is 0. The average molecular weight is 325 g/mol. The molecule has 0 bridgehead atoms. The fourth-order valence-electron chi connectivity index (χ4n) is 2.42. The van der Waals surface area contributed by atoms with Gasteiger partial charge in [-0.15, -0.1) is 18.2 Å². The number of rotatable bonds is 1. The third-order valence-corrected chi connectivity index (χ3v) is 3.35. The van der Waals surface area contributed by atoms with Gasteiger partial charge in [-0.3, -0.25) is 0 Å². The van der Waals surface area contributed by atoms with E-state index < -0.39 is 0 Å². The first-order valence-electron chi connectivity index (χ1n) is 6.06. The minimum Gasteiger partial charge on any atom is -0.333 e. The molecule has 1 aliphatic heterocycles. The first-order valence-corrected chi connectivity index (χ1v) is 6.06. The van der Waals surface area contributed by atoms with Crippen molar-refractivity contribution in [2.45, 2.75) is 13.0 Å². The summed E-state index contributed by atoms with van der Waals surface area (Å²) in [6.45, 7) is 2.02. The molecule has 1 N–H and O–H groups in total. The third kappa shape index (κ3) is 2.67. The molecule has 0 amide bonds. The zero-order chi connectivity index (χ0) is 12.5. The van der Waals surface area contributed by atoms with Gasteiger partial charge in [0.15, 0.2) is 0 Å². The van der Waals surface area contributed by atoms with Crippen LogP contribution >= 0.6 is 0 Å². The van der Waals surface area contributed by atoms with Crippen molar-refractivity contribution in [2.75, 3.05) is 0 Å². The number of carbonyl (C=O) groups is 1. The van der Waals surface area contributed by atoms with Gasteiger partial charge >= 0.3 is 0 Å². The van der Waals surface area contributed by atoms with Crippen molar-refractivity contribution >= 4 is 5.78 Å². The summed E-state index contributed by atoms with van der Waals surface area (Å²) >= 11 is 0. The summed E-state index contributed by atoms with van der Waals surface area (Å²) in [6.07, 6.45) is 0. The normalized spacial score (nSPS) is 17.6. The summed E-state index contributed by atoms with van der Waals surface area (Å²) in [6, 6.07) is 18.4. The van der Waals surface area contributed by atoms with Crippen LogP contribution in [-0.2, 0) is 32.7 Å². The van der Waals surface area contributed by atoms with Gasteiger partial charge in [-0.1, -0.05) is 48.9 Å². The molecule has 1 unspecified atom stereocenters. The van der Waals surface area contributed by atoms with E-state index in [4.69, 9.17) is 0 Å². The monoisotopic (exact) mass is 325 g/mol. The number of fused-ring (bicyclic) bond motifs is 1. The van der Waals surface area contributed by atoms with Crippen molar-refractivity contribution in [2.24, 2.45) is 0 Å². The van der Waals surface area contributed by atoms with E-state index in [0.29, 0.717) is 0 Å². The summed E-state index contributed by atoms with van der Waals surface area (Å²) in [4.78, 5) is 12.5. The molecule has 2 aromatic rings. The molecule has 1 atom stereocenters. The maximum Gasteiger partial charge on any atom is 0.130 e. The second-order valence-corrected chi connectivity index (χ2v) is 4.52. The zero-order valence-electron chi connectivity index (χ0n) is 10.8. The first kappa shape index (κ1) is 14.5. The molecule has 1 aliphatic rings. The molecule has 0 aliphatic carbocycles. The van der Waals surface area contributed by atoms with Gasteiger partial charge in [-0.05, 0) is 5.56 Å². The van der Waals surface area contributed by atoms with Crippen LogP contribution < -0.4 is 5.32 Å².